The number of aromatic nitrogens is 1. The van der Waals surface area contributed by atoms with E-state index >= 15 is 0 Å². The second kappa shape index (κ2) is 6.80. The fourth-order valence-electron chi connectivity index (χ4n) is 1.87. The van der Waals surface area contributed by atoms with Crippen LogP contribution in [0.3, 0.4) is 0 Å². The monoisotopic (exact) mass is 276 g/mol. The maximum atomic E-state index is 4.45. The minimum Gasteiger partial charge on any atom is -0.261 e. The molecule has 1 heterocycles. The predicted molar refractivity (Wildman–Crippen MR) is 91.4 cm³/mol. The van der Waals surface area contributed by atoms with Crippen molar-refractivity contribution in [1.82, 2.24) is 4.98 Å². The Morgan fingerprint density at radius 1 is 1.10 bits per heavy atom. The van der Waals surface area contributed by atoms with E-state index < -0.39 is 0 Å². The molecule has 0 aliphatic rings. The molecule has 21 heavy (non-hydrogen) atoms. The average Bonchev–Trinajstić information content (AvgIpc) is 2.53. The third kappa shape index (κ3) is 3.99. The van der Waals surface area contributed by atoms with E-state index in [0.717, 1.165) is 28.1 Å². The van der Waals surface area contributed by atoms with Crippen molar-refractivity contribution in [2.45, 2.75) is 20.8 Å². The lowest BCUT2D eigenvalue weighted by molar-refractivity contribution is 1.27. The third-order valence-electron chi connectivity index (χ3n) is 3.30. The average molecular weight is 276 g/mol. The number of aliphatic imine (C=N–C) groups is 1. The highest BCUT2D eigenvalue weighted by atomic mass is 14.7. The third-order valence-corrected chi connectivity index (χ3v) is 3.30. The van der Waals surface area contributed by atoms with E-state index in [-0.39, 0.29) is 0 Å². The number of hydrogen-bond acceptors (Lipinski definition) is 2. The van der Waals surface area contributed by atoms with Crippen molar-refractivity contribution in [2.75, 3.05) is 0 Å². The molecule has 0 aliphatic heterocycles. The highest BCUT2D eigenvalue weighted by Crippen LogP contribution is 2.21. The van der Waals surface area contributed by atoms with Crippen LogP contribution in [0.5, 0.6) is 0 Å². The Balaban J connectivity index is 2.22. The predicted octanol–water partition coefficient (Wildman–Crippen LogP) is 5.06. The van der Waals surface area contributed by atoms with Crippen LogP contribution in [-0.2, 0) is 0 Å². The Morgan fingerprint density at radius 3 is 2.38 bits per heavy atom. The van der Waals surface area contributed by atoms with Crippen molar-refractivity contribution < 1.29 is 0 Å². The number of hydrogen-bond donors (Lipinski definition) is 0. The van der Waals surface area contributed by atoms with Gasteiger partial charge in [-0.25, -0.2) is 0 Å². The molecule has 2 heteroatoms. The summed E-state index contributed by atoms with van der Waals surface area (Å²) < 4.78 is 0. The van der Waals surface area contributed by atoms with Crippen LogP contribution in [-0.4, -0.2) is 10.7 Å². The van der Waals surface area contributed by atoms with Crippen molar-refractivity contribution in [1.29, 1.82) is 0 Å². The maximum Gasteiger partial charge on any atom is 0.0702 e. The first-order chi connectivity index (χ1) is 10.1. The molecule has 0 unspecified atom stereocenters. The van der Waals surface area contributed by atoms with Gasteiger partial charge in [-0.3, -0.25) is 9.98 Å². The van der Waals surface area contributed by atoms with Gasteiger partial charge in [0, 0.05) is 23.7 Å². The summed E-state index contributed by atoms with van der Waals surface area (Å²) in [5, 5.41) is 0. The van der Waals surface area contributed by atoms with Gasteiger partial charge in [-0.15, -0.1) is 0 Å². The van der Waals surface area contributed by atoms with E-state index in [4.69, 9.17) is 0 Å². The second-order valence-corrected chi connectivity index (χ2v) is 5.08. The van der Waals surface area contributed by atoms with Gasteiger partial charge in [0.25, 0.3) is 0 Å². The quantitative estimate of drug-likeness (QED) is 0.716. The Bertz CT molecular complexity index is 675. The van der Waals surface area contributed by atoms with E-state index in [1.807, 2.05) is 32.3 Å². The van der Waals surface area contributed by atoms with Gasteiger partial charge in [0.2, 0.25) is 0 Å². The molecule has 0 atom stereocenters. The summed E-state index contributed by atoms with van der Waals surface area (Å²) in [6.45, 7) is 9.73. The lowest BCUT2D eigenvalue weighted by Gasteiger charge is -2.04. The zero-order valence-corrected chi connectivity index (χ0v) is 12.8. The first kappa shape index (κ1) is 14.9. The normalized spacial score (nSPS) is 12.3. The zero-order chi connectivity index (χ0) is 15.2. The van der Waals surface area contributed by atoms with E-state index in [0.29, 0.717) is 0 Å². The van der Waals surface area contributed by atoms with Crippen molar-refractivity contribution in [3.63, 3.8) is 0 Å². The molecule has 1 aromatic carbocycles. The summed E-state index contributed by atoms with van der Waals surface area (Å²) in [5.74, 6) is 0. The molecule has 106 valence electrons. The van der Waals surface area contributed by atoms with Gasteiger partial charge >= 0.3 is 0 Å². The van der Waals surface area contributed by atoms with Crippen LogP contribution in [0.4, 0.5) is 0 Å². The summed E-state index contributed by atoms with van der Waals surface area (Å²) in [4.78, 5) is 8.78. The number of pyridine rings is 1. The van der Waals surface area contributed by atoms with E-state index in [2.05, 4.69) is 53.8 Å². The highest BCUT2D eigenvalue weighted by Gasteiger charge is 2.00. The summed E-state index contributed by atoms with van der Waals surface area (Å²) in [7, 11) is 0. The van der Waals surface area contributed by atoms with Gasteiger partial charge in [-0.2, -0.15) is 0 Å². The zero-order valence-electron chi connectivity index (χ0n) is 12.8. The minimum absolute atomic E-state index is 0.912. The standard InChI is InChI=1S/C19H20N2/c1-5-16(4)20-13-15(3)17-7-9-18(10-8-17)19-11-6-14(2)12-21-19/h5-13H,1H2,2-4H3/b15-13+,20-16?. The summed E-state index contributed by atoms with van der Waals surface area (Å²) in [6.07, 6.45) is 5.51. The molecule has 0 saturated carbocycles. The lowest BCUT2D eigenvalue weighted by Crippen LogP contribution is -1.86. The lowest BCUT2D eigenvalue weighted by atomic mass is 10.0. The molecule has 0 radical (unpaired) electrons. The van der Waals surface area contributed by atoms with Gasteiger partial charge in [-0.05, 0) is 49.6 Å². The van der Waals surface area contributed by atoms with E-state index in [9.17, 15) is 0 Å². The van der Waals surface area contributed by atoms with Crippen LogP contribution >= 0.6 is 0 Å². The van der Waals surface area contributed by atoms with Crippen molar-refractivity contribution in [2.24, 2.45) is 4.99 Å². The first-order valence-electron chi connectivity index (χ1n) is 6.97. The number of allylic oxidation sites excluding steroid dienone is 2. The van der Waals surface area contributed by atoms with Crippen LogP contribution in [0.15, 0.2) is 66.4 Å². The van der Waals surface area contributed by atoms with E-state index in [1.54, 1.807) is 6.08 Å². The molecule has 0 amide bonds. The molecule has 1 aromatic heterocycles. The van der Waals surface area contributed by atoms with Gasteiger partial charge < -0.3 is 0 Å². The van der Waals surface area contributed by atoms with Crippen LogP contribution in [0, 0.1) is 6.92 Å². The summed E-state index contributed by atoms with van der Waals surface area (Å²) in [5.41, 5.74) is 6.48. The summed E-state index contributed by atoms with van der Waals surface area (Å²) >= 11 is 0. The van der Waals surface area contributed by atoms with Crippen molar-refractivity contribution >= 4 is 11.3 Å². The molecule has 2 nitrogen and oxygen atoms in total. The van der Waals surface area contributed by atoms with Gasteiger partial charge in [0.15, 0.2) is 0 Å². The van der Waals surface area contributed by atoms with Crippen molar-refractivity contribution in [3.05, 3.63) is 72.6 Å². The smallest absolute Gasteiger partial charge is 0.0702 e. The largest absolute Gasteiger partial charge is 0.261 e. The molecular weight excluding hydrogens is 256 g/mol. The Hall–Kier alpha value is -2.48. The highest BCUT2D eigenvalue weighted by molar-refractivity contribution is 5.93. The topological polar surface area (TPSA) is 25.2 Å². The minimum atomic E-state index is 0.912. The van der Waals surface area contributed by atoms with Crippen LogP contribution < -0.4 is 0 Å². The van der Waals surface area contributed by atoms with E-state index in [1.165, 1.54) is 5.56 Å². The molecule has 0 saturated heterocycles. The number of benzene rings is 1. The Kier molecular flexibility index (Phi) is 4.83. The molecule has 2 aromatic rings. The van der Waals surface area contributed by atoms with Gasteiger partial charge in [0.05, 0.1) is 5.69 Å². The SMILES string of the molecule is C=CC(C)=N/C=C(\C)c1ccc(-c2ccc(C)cn2)cc1. The van der Waals surface area contributed by atoms with Gasteiger partial charge in [0.1, 0.15) is 0 Å². The number of rotatable bonds is 4. The molecule has 0 aliphatic carbocycles. The molecule has 0 spiro atoms. The summed E-state index contributed by atoms with van der Waals surface area (Å²) in [6, 6.07) is 12.5. The molecule has 2 rings (SSSR count). The fourth-order valence-corrected chi connectivity index (χ4v) is 1.87. The Labute approximate surface area is 126 Å². The van der Waals surface area contributed by atoms with Crippen molar-refractivity contribution in [3.8, 4) is 11.3 Å². The fraction of sp³-hybridized carbons (Fsp3) is 0.158. The molecular formula is C19H20N2. The number of aryl methyl sites for hydroxylation is 1. The van der Waals surface area contributed by atoms with Gasteiger partial charge in [-0.1, -0.05) is 36.9 Å². The van der Waals surface area contributed by atoms with Crippen LogP contribution in [0.1, 0.15) is 25.0 Å². The molecule has 0 fully saturated rings. The number of nitrogens with zero attached hydrogens (tertiary/aromatic N) is 2. The second-order valence-electron chi connectivity index (χ2n) is 5.08. The van der Waals surface area contributed by atoms with Crippen LogP contribution in [0.25, 0.3) is 16.8 Å². The molecule has 0 bridgehead atoms. The molecule has 0 N–H and O–H groups in total. The first-order valence-corrected chi connectivity index (χ1v) is 6.97. The Morgan fingerprint density at radius 2 is 1.81 bits per heavy atom. The maximum absolute atomic E-state index is 4.45. The van der Waals surface area contributed by atoms with Crippen LogP contribution in [0.2, 0.25) is 0 Å².